The molecule has 0 fully saturated rings. The van der Waals surface area contributed by atoms with Crippen molar-refractivity contribution in [1.29, 1.82) is 0 Å². The van der Waals surface area contributed by atoms with Gasteiger partial charge in [-0.1, -0.05) is 0 Å². The van der Waals surface area contributed by atoms with Crippen molar-refractivity contribution in [1.82, 2.24) is 0 Å². The second-order valence-corrected chi connectivity index (χ2v) is 32.0. The Morgan fingerprint density at radius 1 is 0.270 bits per heavy atom. The van der Waals surface area contributed by atoms with Crippen LogP contribution in [0.2, 0.25) is 0 Å². The molecule has 0 bridgehead atoms. The normalized spacial score (nSPS) is 15.7. The molecule has 2 heterocycles. The van der Waals surface area contributed by atoms with Gasteiger partial charge in [-0.2, -0.15) is 0 Å². The van der Waals surface area contributed by atoms with E-state index in [4.69, 9.17) is 17.6 Å². The van der Waals surface area contributed by atoms with Crippen molar-refractivity contribution in [3.05, 3.63) is 93.0 Å². The van der Waals surface area contributed by atoms with E-state index >= 15 is 0 Å². The maximum absolute atomic E-state index is 7.38. The second-order valence-electron chi connectivity index (χ2n) is 26.5. The summed E-state index contributed by atoms with van der Waals surface area (Å²) < 4.78 is 36.9. The van der Waals surface area contributed by atoms with E-state index in [1.807, 2.05) is 0 Å². The maximum atomic E-state index is 7.38. The van der Waals surface area contributed by atoms with Gasteiger partial charge in [-0.15, -0.1) is 0 Å². The van der Waals surface area contributed by atoms with Crippen LogP contribution in [0, 0.1) is 0 Å². The average molecular weight is 983 g/mol. The Hall–Kier alpha value is -2.84. The topological polar surface area (TPSA) is 46.2 Å². The Bertz CT molecular complexity index is 2070. The van der Waals surface area contributed by atoms with Crippen LogP contribution in [0.3, 0.4) is 0 Å². The van der Waals surface area contributed by atoms with E-state index in [2.05, 4.69) is 215 Å². The van der Waals surface area contributed by atoms with Gasteiger partial charge in [0.25, 0.3) is 0 Å². The van der Waals surface area contributed by atoms with Gasteiger partial charge in [0.15, 0.2) is 0 Å². The van der Waals surface area contributed by atoms with Crippen LogP contribution < -0.4 is 14.9 Å². The zero-order chi connectivity index (χ0) is 47.6. The minimum absolute atomic E-state index is 0.101. The molecule has 0 amide bonds. The molecular weight excluding hydrogens is 902 g/mol. The van der Waals surface area contributed by atoms with Crippen LogP contribution in [0.4, 0.5) is 0 Å². The van der Waals surface area contributed by atoms with Gasteiger partial charge in [0.05, 0.1) is 0 Å². The molecule has 4 aromatic carbocycles. The van der Waals surface area contributed by atoms with Crippen molar-refractivity contribution in [3.63, 3.8) is 0 Å². The van der Waals surface area contributed by atoms with Crippen LogP contribution in [-0.4, -0.2) is 31.4 Å². The molecule has 0 atom stereocenters. The first kappa shape index (κ1) is 49.6. The van der Waals surface area contributed by atoms with Crippen molar-refractivity contribution in [2.75, 3.05) is 0 Å². The van der Waals surface area contributed by atoms with Crippen LogP contribution in [0.1, 0.15) is 211 Å². The fourth-order valence-corrected chi connectivity index (χ4v) is 14.3. The van der Waals surface area contributed by atoms with E-state index in [0.29, 0.717) is 0 Å². The molecule has 0 unspecified atom stereocenters. The van der Waals surface area contributed by atoms with E-state index in [-0.39, 0.29) is 43.3 Å². The summed E-state index contributed by atoms with van der Waals surface area (Å²) in [6.07, 6.45) is 0. The van der Waals surface area contributed by atoms with Gasteiger partial charge in [-0.25, -0.2) is 0 Å². The molecule has 63 heavy (non-hydrogen) atoms. The molecule has 344 valence electrons. The minimum atomic E-state index is -3.26. The Balaban J connectivity index is 1.67. The molecule has 0 radical (unpaired) electrons. The molecule has 0 aromatic heterocycles. The monoisotopic (exact) mass is 982 g/mol. The first-order valence-corrected chi connectivity index (χ1v) is 27.6. The third-order valence-corrected chi connectivity index (χ3v) is 18.7. The first-order valence-electron chi connectivity index (χ1n) is 23.0. The SMILES string of the molecule is CC(C)(C)c1cc2c(c(C(C)(C)C)c1)O[As](O[As]1Oc3c(cc(C(C)(C)C)cc3C(C)(C)C)-c3cc(C(C)(C)C)cc(C(C)(C)C)c3O1)Oc1c-2cc(C(C)(C)C)cc1C(C)(C)C. The van der Waals surface area contributed by atoms with Crippen LogP contribution in [-0.2, 0) is 46.0 Å². The van der Waals surface area contributed by atoms with Gasteiger partial charge in [0.2, 0.25) is 0 Å². The first-order chi connectivity index (χ1) is 28.3. The zero-order valence-electron chi connectivity index (χ0n) is 43.6. The van der Waals surface area contributed by atoms with Crippen LogP contribution in [0.15, 0.2) is 48.5 Å². The summed E-state index contributed by atoms with van der Waals surface area (Å²) in [7, 11) is 0. The molecule has 7 heteroatoms. The Morgan fingerprint density at radius 2 is 0.444 bits per heavy atom. The summed E-state index contributed by atoms with van der Waals surface area (Å²) in [6.45, 7) is 54.8. The van der Waals surface area contributed by atoms with Crippen molar-refractivity contribution < 1.29 is 17.6 Å². The van der Waals surface area contributed by atoms with Crippen LogP contribution in [0.25, 0.3) is 22.3 Å². The van der Waals surface area contributed by atoms with Crippen LogP contribution in [0.5, 0.6) is 23.0 Å². The zero-order valence-corrected chi connectivity index (χ0v) is 47.3. The Labute approximate surface area is 394 Å². The summed E-state index contributed by atoms with van der Waals surface area (Å²) in [5.74, 6) is 3.33. The number of benzene rings is 4. The summed E-state index contributed by atoms with van der Waals surface area (Å²) in [4.78, 5) is 0. The Morgan fingerprint density at radius 3 is 0.587 bits per heavy atom. The van der Waals surface area contributed by atoms with Crippen molar-refractivity contribution in [3.8, 4) is 45.3 Å². The number of hydrogen-bond acceptors (Lipinski definition) is 5. The van der Waals surface area contributed by atoms with Gasteiger partial charge < -0.3 is 0 Å². The van der Waals surface area contributed by atoms with E-state index < -0.39 is 31.4 Å². The molecule has 6 rings (SSSR count). The summed E-state index contributed by atoms with van der Waals surface area (Å²) in [5, 5.41) is 0. The van der Waals surface area contributed by atoms with E-state index in [1.54, 1.807) is 0 Å². The quantitative estimate of drug-likeness (QED) is 0.187. The molecule has 0 aliphatic carbocycles. The van der Waals surface area contributed by atoms with E-state index in [1.165, 1.54) is 22.3 Å². The molecule has 2 aliphatic heterocycles. The standard InChI is InChI=1S/C56H80As2O5/c1-49(2,3)33-25-37-38-26-34(50(4,5)6)30-42(54(16,17)18)46(38)60-57(59-45(37)41(29-33)53(13,14)15)63-58-61-47-39(27-35(51(7,8)9)31-43(47)55(19,20)21)40-28-36(52(10,11)12)32-44(48(40)62-58)56(22,23)24/h25-32H,1-24H3. The molecule has 0 spiro atoms. The second kappa shape index (κ2) is 15.9. The molecule has 0 saturated carbocycles. The average Bonchev–Trinajstić information content (AvgIpc) is 3.33. The molecule has 2 aliphatic rings. The van der Waals surface area contributed by atoms with E-state index in [0.717, 1.165) is 67.5 Å². The van der Waals surface area contributed by atoms with Crippen molar-refractivity contribution >= 4 is 31.4 Å². The Kier molecular flexibility index (Phi) is 12.5. The predicted molar refractivity (Wildman–Crippen MR) is 268 cm³/mol. The number of rotatable bonds is 2. The fourth-order valence-electron chi connectivity index (χ4n) is 8.13. The third-order valence-electron chi connectivity index (χ3n) is 12.4. The van der Waals surface area contributed by atoms with Gasteiger partial charge in [-0.3, -0.25) is 0 Å². The van der Waals surface area contributed by atoms with Crippen LogP contribution >= 0.6 is 0 Å². The van der Waals surface area contributed by atoms with Gasteiger partial charge in [0.1, 0.15) is 0 Å². The summed E-state index contributed by atoms with van der Waals surface area (Å²) in [5.41, 5.74) is 12.4. The van der Waals surface area contributed by atoms with E-state index in [9.17, 15) is 0 Å². The molecule has 0 saturated heterocycles. The predicted octanol–water partition coefficient (Wildman–Crippen LogP) is 15.6. The summed E-state index contributed by atoms with van der Waals surface area (Å²) in [6, 6.07) is 18.8. The van der Waals surface area contributed by atoms with Crippen molar-refractivity contribution in [2.24, 2.45) is 0 Å². The molecule has 5 nitrogen and oxygen atoms in total. The van der Waals surface area contributed by atoms with Crippen molar-refractivity contribution in [2.45, 2.75) is 209 Å². The number of fused-ring (bicyclic) bond motifs is 6. The molecular formula is C56H80As2O5. The fraction of sp³-hybridized carbons (Fsp3) is 0.571. The number of hydrogen-bond donors (Lipinski definition) is 0. The summed E-state index contributed by atoms with van der Waals surface area (Å²) >= 11 is -6.51. The van der Waals surface area contributed by atoms with Gasteiger partial charge in [-0.05, 0) is 0 Å². The molecule has 0 N–H and O–H groups in total. The van der Waals surface area contributed by atoms with Gasteiger partial charge >= 0.3 is 397 Å². The molecule has 4 aromatic rings. The third kappa shape index (κ3) is 10.3. The van der Waals surface area contributed by atoms with Gasteiger partial charge in [0, 0.05) is 0 Å².